The first-order valence-electron chi connectivity index (χ1n) is 13.3. The third-order valence-corrected chi connectivity index (χ3v) is 7.21. The van der Waals surface area contributed by atoms with Crippen molar-refractivity contribution in [2.45, 2.75) is 110 Å². The smallest absolute Gasteiger partial charge is 0.444 e. The highest BCUT2D eigenvalue weighted by Crippen LogP contribution is 2.36. The number of anilines is 1. The van der Waals surface area contributed by atoms with Gasteiger partial charge in [-0.25, -0.2) is 14.8 Å². The lowest BCUT2D eigenvalue weighted by Gasteiger charge is -2.39. The number of nitrogens with zero attached hydrogens (tertiary/aromatic N) is 3. The van der Waals surface area contributed by atoms with Gasteiger partial charge in [-0.2, -0.15) is 0 Å². The average molecular weight is 517 g/mol. The maximum absolute atomic E-state index is 13.5. The molecule has 2 aliphatic rings. The second-order valence-corrected chi connectivity index (χ2v) is 12.4. The number of alkyl carbamates (subject to hydrolysis) is 1. The number of carbonyl (C=O) groups excluding carboxylic acids is 2. The number of rotatable bonds is 7. The van der Waals surface area contributed by atoms with Crippen molar-refractivity contribution in [2.24, 2.45) is 5.92 Å². The van der Waals surface area contributed by atoms with Crippen LogP contribution in [0.2, 0.25) is 0 Å². The van der Waals surface area contributed by atoms with Gasteiger partial charge in [-0.05, 0) is 73.6 Å². The van der Waals surface area contributed by atoms with Crippen LogP contribution >= 0.6 is 0 Å². The van der Waals surface area contributed by atoms with Crippen molar-refractivity contribution in [3.05, 3.63) is 12.4 Å². The number of aromatic nitrogens is 2. The van der Waals surface area contributed by atoms with E-state index in [0.29, 0.717) is 19.0 Å². The van der Waals surface area contributed by atoms with Crippen LogP contribution in [0.15, 0.2) is 12.4 Å². The molecule has 37 heavy (non-hydrogen) atoms. The van der Waals surface area contributed by atoms with Gasteiger partial charge >= 0.3 is 13.2 Å². The van der Waals surface area contributed by atoms with E-state index >= 15 is 0 Å². The van der Waals surface area contributed by atoms with Crippen LogP contribution in [-0.2, 0) is 18.8 Å². The number of likely N-dealkylation sites (tertiary alicyclic amines) is 1. The molecule has 2 fully saturated rings. The number of nitrogens with one attached hydrogen (secondary N) is 2. The summed E-state index contributed by atoms with van der Waals surface area (Å²) in [5.41, 5.74) is -0.744. The molecule has 11 heteroatoms. The number of hydrogen-bond acceptors (Lipinski definition) is 8. The molecule has 2 aliphatic heterocycles. The first kappa shape index (κ1) is 29.2. The minimum Gasteiger partial charge on any atom is -0.444 e. The van der Waals surface area contributed by atoms with Crippen molar-refractivity contribution in [1.29, 1.82) is 0 Å². The zero-order chi connectivity index (χ0) is 27.6. The van der Waals surface area contributed by atoms with Crippen molar-refractivity contribution < 1.29 is 23.6 Å². The molecule has 0 aliphatic carbocycles. The van der Waals surface area contributed by atoms with Gasteiger partial charge in [0.05, 0.1) is 11.2 Å². The molecule has 2 amide bonds. The molecule has 2 atom stereocenters. The van der Waals surface area contributed by atoms with Crippen LogP contribution in [-0.4, -0.2) is 76.0 Å². The molecule has 3 heterocycles. The van der Waals surface area contributed by atoms with Gasteiger partial charge in [-0.3, -0.25) is 4.79 Å². The SMILES string of the molecule is CC(C)[C@H](NC(=O)OC(C)(C)C)C(=O)N1CCCC[C@H]1CNc1ncc(B2OC(C)(C)C(C)(C)O2)cn1. The first-order valence-corrected chi connectivity index (χ1v) is 13.3. The van der Waals surface area contributed by atoms with E-state index in [4.69, 9.17) is 14.0 Å². The molecule has 0 spiro atoms. The lowest BCUT2D eigenvalue weighted by molar-refractivity contribution is -0.138. The van der Waals surface area contributed by atoms with Crippen molar-refractivity contribution in [3.8, 4) is 0 Å². The van der Waals surface area contributed by atoms with E-state index in [-0.39, 0.29) is 17.9 Å². The summed E-state index contributed by atoms with van der Waals surface area (Å²) >= 11 is 0. The maximum Gasteiger partial charge on any atom is 0.498 e. The molecule has 0 radical (unpaired) electrons. The predicted octanol–water partition coefficient (Wildman–Crippen LogP) is 3.12. The standard InChI is InChI=1S/C26H44BN5O5/c1-17(2)20(31-23(34)35-24(3,4)5)21(33)32-13-11-10-12-19(32)16-30-22-28-14-18(15-29-22)27-36-25(6,7)26(8,9)37-27/h14-15,17,19-20H,10-13,16H2,1-9H3,(H,31,34)(H,28,29,30)/t19-,20-/m0/s1. The van der Waals surface area contributed by atoms with E-state index in [9.17, 15) is 9.59 Å². The van der Waals surface area contributed by atoms with Crippen molar-refractivity contribution in [3.63, 3.8) is 0 Å². The summed E-state index contributed by atoms with van der Waals surface area (Å²) in [6, 6.07) is -0.694. The second-order valence-electron chi connectivity index (χ2n) is 12.4. The molecule has 1 aromatic rings. The van der Waals surface area contributed by atoms with Gasteiger partial charge in [0.1, 0.15) is 11.6 Å². The number of carbonyl (C=O) groups is 2. The Morgan fingerprint density at radius 3 is 2.27 bits per heavy atom. The third kappa shape index (κ3) is 7.34. The Hall–Kier alpha value is -2.40. The van der Waals surface area contributed by atoms with Crippen LogP contribution < -0.4 is 16.1 Å². The Labute approximate surface area is 221 Å². The predicted molar refractivity (Wildman–Crippen MR) is 144 cm³/mol. The van der Waals surface area contributed by atoms with E-state index in [1.807, 2.05) is 46.4 Å². The molecule has 3 rings (SSSR count). The number of amides is 2. The van der Waals surface area contributed by atoms with Crippen LogP contribution in [0.5, 0.6) is 0 Å². The fraction of sp³-hybridized carbons (Fsp3) is 0.769. The van der Waals surface area contributed by atoms with Gasteiger partial charge in [-0.1, -0.05) is 13.8 Å². The lowest BCUT2D eigenvalue weighted by atomic mass is 9.81. The normalized spacial score (nSPS) is 22.1. The van der Waals surface area contributed by atoms with E-state index in [1.54, 1.807) is 33.2 Å². The summed E-state index contributed by atoms with van der Waals surface area (Å²) in [5.74, 6) is 0.302. The lowest BCUT2D eigenvalue weighted by Crippen LogP contribution is -2.57. The highest BCUT2D eigenvalue weighted by atomic mass is 16.7. The molecule has 0 bridgehead atoms. The summed E-state index contributed by atoms with van der Waals surface area (Å²) in [4.78, 5) is 36.7. The van der Waals surface area contributed by atoms with Gasteiger partial charge in [0.25, 0.3) is 0 Å². The molecule has 2 saturated heterocycles. The quantitative estimate of drug-likeness (QED) is 0.531. The van der Waals surface area contributed by atoms with Crippen molar-refractivity contribution in [2.75, 3.05) is 18.4 Å². The Balaban J connectivity index is 1.62. The Morgan fingerprint density at radius 1 is 1.14 bits per heavy atom. The van der Waals surface area contributed by atoms with Crippen LogP contribution in [0.3, 0.4) is 0 Å². The fourth-order valence-electron chi connectivity index (χ4n) is 4.37. The minimum absolute atomic E-state index is 0.0330. The number of piperidine rings is 1. The van der Waals surface area contributed by atoms with E-state index < -0.39 is 36.1 Å². The van der Waals surface area contributed by atoms with Crippen LogP contribution in [0, 0.1) is 5.92 Å². The highest BCUT2D eigenvalue weighted by molar-refractivity contribution is 6.61. The van der Waals surface area contributed by atoms with E-state index in [0.717, 1.165) is 24.7 Å². The molecule has 1 aromatic heterocycles. The molecule has 206 valence electrons. The van der Waals surface area contributed by atoms with Gasteiger partial charge < -0.3 is 29.6 Å². The van der Waals surface area contributed by atoms with Gasteiger partial charge in [0.2, 0.25) is 11.9 Å². The van der Waals surface area contributed by atoms with E-state index in [1.165, 1.54) is 0 Å². The van der Waals surface area contributed by atoms with E-state index in [2.05, 4.69) is 20.6 Å². The summed E-state index contributed by atoms with van der Waals surface area (Å²) in [6.07, 6.45) is 5.66. The molecular formula is C26H44BN5O5. The average Bonchev–Trinajstić information content (AvgIpc) is 3.01. The third-order valence-electron chi connectivity index (χ3n) is 7.21. The van der Waals surface area contributed by atoms with Crippen molar-refractivity contribution >= 4 is 30.5 Å². The number of hydrogen-bond donors (Lipinski definition) is 2. The largest absolute Gasteiger partial charge is 0.498 e. The number of ether oxygens (including phenoxy) is 1. The van der Waals surface area contributed by atoms with Gasteiger partial charge in [-0.15, -0.1) is 0 Å². The summed E-state index contributed by atoms with van der Waals surface area (Å²) in [6.45, 7) is 18.4. The zero-order valence-corrected chi connectivity index (χ0v) is 23.9. The Bertz CT molecular complexity index is 932. The minimum atomic E-state index is -0.661. The first-order chi connectivity index (χ1) is 17.1. The monoisotopic (exact) mass is 517 g/mol. The van der Waals surface area contributed by atoms with Crippen LogP contribution in [0.4, 0.5) is 10.7 Å². The van der Waals surface area contributed by atoms with Gasteiger partial charge in [0, 0.05) is 37.0 Å². The van der Waals surface area contributed by atoms with Gasteiger partial charge in [0.15, 0.2) is 0 Å². The summed E-state index contributed by atoms with van der Waals surface area (Å²) in [7, 11) is -0.518. The summed E-state index contributed by atoms with van der Waals surface area (Å²) in [5, 5.41) is 6.07. The Kier molecular flexibility index (Phi) is 8.79. The second kappa shape index (κ2) is 11.1. The summed E-state index contributed by atoms with van der Waals surface area (Å²) < 4.78 is 17.5. The van der Waals surface area contributed by atoms with Crippen LogP contribution in [0.1, 0.15) is 81.6 Å². The maximum atomic E-state index is 13.5. The topological polar surface area (TPSA) is 115 Å². The molecule has 0 aromatic carbocycles. The fourth-order valence-corrected chi connectivity index (χ4v) is 4.37. The molecule has 2 N–H and O–H groups in total. The highest BCUT2D eigenvalue weighted by Gasteiger charge is 2.52. The molecular weight excluding hydrogens is 473 g/mol. The van der Waals surface area contributed by atoms with Crippen molar-refractivity contribution in [1.82, 2.24) is 20.2 Å². The molecule has 0 unspecified atom stereocenters. The Morgan fingerprint density at radius 2 is 1.73 bits per heavy atom. The van der Waals surface area contributed by atoms with Crippen LogP contribution in [0.25, 0.3) is 0 Å². The zero-order valence-electron chi connectivity index (χ0n) is 23.9. The molecule has 10 nitrogen and oxygen atoms in total. The molecule has 0 saturated carbocycles.